The van der Waals surface area contributed by atoms with E-state index in [0.29, 0.717) is 5.41 Å². The molecule has 0 unspecified atom stereocenters. The largest absolute Gasteiger partial charge is 0.356 e. The van der Waals surface area contributed by atoms with E-state index in [-0.39, 0.29) is 5.91 Å². The number of amides is 1. The predicted octanol–water partition coefficient (Wildman–Crippen LogP) is 2.34. The molecule has 0 aromatic carbocycles. The van der Waals surface area contributed by atoms with Gasteiger partial charge in [-0.15, -0.1) is 0 Å². The summed E-state index contributed by atoms with van der Waals surface area (Å²) in [5.41, 5.74) is 0.338. The normalized spacial score (nSPS) is 37.9. The quantitative estimate of drug-likeness (QED) is 0.683. The van der Waals surface area contributed by atoms with Gasteiger partial charge in [0.15, 0.2) is 0 Å². The first kappa shape index (κ1) is 10.0. The fraction of sp³-hybridized carbons (Fsp3) is 0.917. The minimum atomic E-state index is 0.273. The summed E-state index contributed by atoms with van der Waals surface area (Å²) >= 11 is 0. The van der Waals surface area contributed by atoms with E-state index in [1.165, 1.54) is 25.7 Å². The van der Waals surface area contributed by atoms with Crippen LogP contribution in [0.5, 0.6) is 0 Å². The second-order valence-electron chi connectivity index (χ2n) is 5.55. The van der Waals surface area contributed by atoms with Gasteiger partial charge in [-0.1, -0.05) is 26.7 Å². The molecule has 1 saturated carbocycles. The van der Waals surface area contributed by atoms with E-state index in [1.807, 2.05) is 0 Å². The Hall–Kier alpha value is -0.530. The third-order valence-corrected chi connectivity index (χ3v) is 4.12. The molecule has 2 rings (SSSR count). The average molecular weight is 195 g/mol. The summed E-state index contributed by atoms with van der Waals surface area (Å²) in [4.78, 5) is 11.3. The highest BCUT2D eigenvalue weighted by Crippen LogP contribution is 2.45. The molecule has 1 N–H and O–H groups in total. The molecular weight excluding hydrogens is 174 g/mol. The van der Waals surface area contributed by atoms with Gasteiger partial charge < -0.3 is 5.32 Å². The van der Waals surface area contributed by atoms with E-state index >= 15 is 0 Å². The summed E-state index contributed by atoms with van der Waals surface area (Å²) in [5, 5.41) is 3.00. The first-order valence-electron chi connectivity index (χ1n) is 5.88. The maximum Gasteiger partial charge on any atom is 0.220 e. The molecule has 0 aromatic rings. The summed E-state index contributed by atoms with van der Waals surface area (Å²) in [7, 11) is 0. The Morgan fingerprint density at radius 1 is 1.50 bits per heavy atom. The fourth-order valence-corrected chi connectivity index (χ4v) is 3.14. The van der Waals surface area contributed by atoms with Crippen LogP contribution in [0.15, 0.2) is 0 Å². The summed E-state index contributed by atoms with van der Waals surface area (Å²) < 4.78 is 0. The molecule has 2 fully saturated rings. The number of hydrogen-bond acceptors (Lipinski definition) is 1. The Balaban J connectivity index is 2.03. The maximum absolute atomic E-state index is 11.3. The highest BCUT2D eigenvalue weighted by Gasteiger charge is 2.42. The summed E-state index contributed by atoms with van der Waals surface area (Å²) in [5.74, 6) is 1.90. The topological polar surface area (TPSA) is 29.1 Å². The van der Waals surface area contributed by atoms with Crippen molar-refractivity contribution in [1.29, 1.82) is 0 Å². The molecule has 0 aromatic heterocycles. The molecule has 80 valence electrons. The lowest BCUT2D eigenvalue weighted by molar-refractivity contribution is -0.119. The minimum absolute atomic E-state index is 0.273. The lowest BCUT2D eigenvalue weighted by atomic mass is 9.66. The Morgan fingerprint density at radius 2 is 2.29 bits per heavy atom. The molecule has 1 amide bonds. The smallest absolute Gasteiger partial charge is 0.220 e. The highest BCUT2D eigenvalue weighted by atomic mass is 16.1. The van der Waals surface area contributed by atoms with Gasteiger partial charge in [-0.05, 0) is 30.1 Å². The van der Waals surface area contributed by atoms with Crippen molar-refractivity contribution in [1.82, 2.24) is 5.32 Å². The third kappa shape index (κ3) is 1.79. The lowest BCUT2D eigenvalue weighted by Crippen LogP contribution is -2.32. The van der Waals surface area contributed by atoms with Crippen LogP contribution in [-0.2, 0) is 4.79 Å². The zero-order chi connectivity index (χ0) is 10.2. The Morgan fingerprint density at radius 3 is 2.86 bits per heavy atom. The Bertz CT molecular complexity index is 236. The van der Waals surface area contributed by atoms with E-state index in [4.69, 9.17) is 0 Å². The van der Waals surface area contributed by atoms with Crippen LogP contribution in [0.25, 0.3) is 0 Å². The molecule has 2 aliphatic rings. The van der Waals surface area contributed by atoms with Crippen LogP contribution in [0.4, 0.5) is 0 Å². The lowest BCUT2D eigenvalue weighted by Gasteiger charge is -2.38. The first-order chi connectivity index (χ1) is 6.61. The molecule has 0 bridgehead atoms. The number of nitrogens with one attached hydrogen (secondary N) is 1. The van der Waals surface area contributed by atoms with Crippen molar-refractivity contribution >= 4 is 5.91 Å². The number of rotatable bonds is 1. The van der Waals surface area contributed by atoms with Gasteiger partial charge in [0.05, 0.1) is 0 Å². The Kier molecular flexibility index (Phi) is 2.54. The summed E-state index contributed by atoms with van der Waals surface area (Å²) in [6, 6.07) is 0. The van der Waals surface area contributed by atoms with Crippen molar-refractivity contribution in [3.63, 3.8) is 0 Å². The molecule has 2 nitrogen and oxygen atoms in total. The molecule has 1 aliphatic carbocycles. The molecule has 1 spiro atoms. The second kappa shape index (κ2) is 3.56. The van der Waals surface area contributed by atoms with Crippen molar-refractivity contribution in [2.45, 2.75) is 46.0 Å². The predicted molar refractivity (Wildman–Crippen MR) is 56.9 cm³/mol. The SMILES string of the molecule is CC(C)[C@@H]1CCC[C@]2(CNC(=O)C2)C1. The molecular formula is C12H21NO. The molecule has 1 aliphatic heterocycles. The van der Waals surface area contributed by atoms with Crippen LogP contribution in [0.3, 0.4) is 0 Å². The van der Waals surface area contributed by atoms with Gasteiger partial charge in [-0.2, -0.15) is 0 Å². The molecule has 2 atom stereocenters. The molecule has 1 saturated heterocycles. The van der Waals surface area contributed by atoms with E-state index in [0.717, 1.165) is 24.8 Å². The third-order valence-electron chi connectivity index (χ3n) is 4.12. The average Bonchev–Trinajstić information content (AvgIpc) is 2.47. The number of carbonyl (C=O) groups excluding carboxylic acids is 1. The van der Waals surface area contributed by atoms with Crippen LogP contribution in [0.2, 0.25) is 0 Å². The van der Waals surface area contributed by atoms with Gasteiger partial charge in [0, 0.05) is 13.0 Å². The van der Waals surface area contributed by atoms with Crippen molar-refractivity contribution in [2.24, 2.45) is 17.3 Å². The number of carbonyl (C=O) groups is 1. The van der Waals surface area contributed by atoms with E-state index in [9.17, 15) is 4.79 Å². The van der Waals surface area contributed by atoms with Crippen LogP contribution in [0, 0.1) is 17.3 Å². The van der Waals surface area contributed by atoms with Crippen LogP contribution < -0.4 is 5.32 Å². The van der Waals surface area contributed by atoms with Gasteiger partial charge in [0.1, 0.15) is 0 Å². The van der Waals surface area contributed by atoms with E-state index in [2.05, 4.69) is 19.2 Å². The van der Waals surface area contributed by atoms with Gasteiger partial charge in [-0.3, -0.25) is 4.79 Å². The van der Waals surface area contributed by atoms with E-state index < -0.39 is 0 Å². The first-order valence-corrected chi connectivity index (χ1v) is 5.88. The molecule has 0 radical (unpaired) electrons. The van der Waals surface area contributed by atoms with Crippen LogP contribution >= 0.6 is 0 Å². The molecule has 1 heterocycles. The second-order valence-corrected chi connectivity index (χ2v) is 5.55. The zero-order valence-corrected chi connectivity index (χ0v) is 9.31. The van der Waals surface area contributed by atoms with Crippen LogP contribution in [0.1, 0.15) is 46.0 Å². The van der Waals surface area contributed by atoms with Crippen molar-refractivity contribution < 1.29 is 4.79 Å². The van der Waals surface area contributed by atoms with Gasteiger partial charge >= 0.3 is 0 Å². The van der Waals surface area contributed by atoms with Crippen LogP contribution in [-0.4, -0.2) is 12.5 Å². The summed E-state index contributed by atoms with van der Waals surface area (Å²) in [6.07, 6.45) is 6.00. The molecule has 2 heteroatoms. The van der Waals surface area contributed by atoms with Crippen molar-refractivity contribution in [2.75, 3.05) is 6.54 Å². The minimum Gasteiger partial charge on any atom is -0.356 e. The zero-order valence-electron chi connectivity index (χ0n) is 9.31. The highest BCUT2D eigenvalue weighted by molar-refractivity contribution is 5.79. The molecule has 14 heavy (non-hydrogen) atoms. The van der Waals surface area contributed by atoms with Gasteiger partial charge in [0.25, 0.3) is 0 Å². The number of hydrogen-bond donors (Lipinski definition) is 1. The summed E-state index contributed by atoms with van der Waals surface area (Å²) in [6.45, 7) is 5.57. The van der Waals surface area contributed by atoms with Gasteiger partial charge in [0.2, 0.25) is 5.91 Å². The van der Waals surface area contributed by atoms with E-state index in [1.54, 1.807) is 0 Å². The van der Waals surface area contributed by atoms with Crippen molar-refractivity contribution in [3.8, 4) is 0 Å². The van der Waals surface area contributed by atoms with Crippen molar-refractivity contribution in [3.05, 3.63) is 0 Å². The fourth-order valence-electron chi connectivity index (χ4n) is 3.14. The van der Waals surface area contributed by atoms with Gasteiger partial charge in [-0.25, -0.2) is 0 Å². The standard InChI is InChI=1S/C12H21NO/c1-9(2)10-4-3-5-12(6-10)7-11(14)13-8-12/h9-10H,3-8H2,1-2H3,(H,13,14)/t10-,12+/m1/s1. The monoisotopic (exact) mass is 195 g/mol. The Labute approximate surface area is 86.5 Å². The maximum atomic E-state index is 11.3.